The highest BCUT2D eigenvalue weighted by Gasteiger charge is 2.11. The first-order chi connectivity index (χ1) is 7.10. The van der Waals surface area contributed by atoms with E-state index in [0.717, 1.165) is 17.7 Å². The van der Waals surface area contributed by atoms with Crippen molar-refractivity contribution in [2.24, 2.45) is 0 Å². The van der Waals surface area contributed by atoms with Crippen LogP contribution in [0.3, 0.4) is 0 Å². The second-order valence-electron chi connectivity index (χ2n) is 3.60. The number of hydrogen-bond donors (Lipinski definition) is 0. The Morgan fingerprint density at radius 3 is 2.67 bits per heavy atom. The topological polar surface area (TPSA) is 39.2 Å². The summed E-state index contributed by atoms with van der Waals surface area (Å²) in [5.74, 6) is -0.239. The van der Waals surface area contributed by atoms with Gasteiger partial charge in [0.15, 0.2) is 0 Å². The molecule has 0 amide bonds. The lowest BCUT2D eigenvalue weighted by Gasteiger charge is -2.11. The molecule has 0 saturated carbocycles. The van der Waals surface area contributed by atoms with Gasteiger partial charge in [0.05, 0.1) is 19.2 Å². The van der Waals surface area contributed by atoms with Crippen LogP contribution >= 0.6 is 0 Å². The summed E-state index contributed by atoms with van der Waals surface area (Å²) >= 11 is 0. The van der Waals surface area contributed by atoms with Gasteiger partial charge in [-0.25, -0.2) is 0 Å². The third-order valence-electron chi connectivity index (χ3n) is 2.67. The molecule has 0 N–H and O–H groups in total. The molecule has 1 heterocycles. The summed E-state index contributed by atoms with van der Waals surface area (Å²) in [5.41, 5.74) is 4.40. The first-order valence-corrected chi connectivity index (χ1v) is 5.10. The minimum absolute atomic E-state index is 0.239. The number of methoxy groups -OCH3 is 1. The molecular weight excluding hydrogens is 190 g/mol. The monoisotopic (exact) mass is 207 g/mol. The molecule has 0 aliphatic heterocycles. The highest BCUT2D eigenvalue weighted by molar-refractivity contribution is 5.72. The number of esters is 1. The van der Waals surface area contributed by atoms with Crippen LogP contribution in [0.5, 0.6) is 0 Å². The van der Waals surface area contributed by atoms with Crippen LogP contribution in [0, 0.1) is 13.8 Å². The lowest BCUT2D eigenvalue weighted by Crippen LogP contribution is -2.09. The van der Waals surface area contributed by atoms with Crippen molar-refractivity contribution in [1.29, 1.82) is 0 Å². The number of nitrogens with zero attached hydrogens (tertiary/aromatic N) is 1. The van der Waals surface area contributed by atoms with E-state index < -0.39 is 0 Å². The van der Waals surface area contributed by atoms with E-state index in [2.05, 4.69) is 16.6 Å². The minimum atomic E-state index is -0.239. The maximum absolute atomic E-state index is 11.2. The van der Waals surface area contributed by atoms with Crippen molar-refractivity contribution in [3.63, 3.8) is 0 Å². The fourth-order valence-electron chi connectivity index (χ4n) is 1.75. The van der Waals surface area contributed by atoms with Crippen LogP contribution in [0.4, 0.5) is 0 Å². The molecule has 0 saturated heterocycles. The van der Waals surface area contributed by atoms with Gasteiger partial charge in [0.25, 0.3) is 0 Å². The zero-order chi connectivity index (χ0) is 11.4. The van der Waals surface area contributed by atoms with Gasteiger partial charge in [-0.15, -0.1) is 0 Å². The molecule has 1 aromatic heterocycles. The Labute approximate surface area is 90.5 Å². The van der Waals surface area contributed by atoms with Gasteiger partial charge in [0.1, 0.15) is 0 Å². The lowest BCUT2D eigenvalue weighted by atomic mass is 10.00. The third-order valence-corrected chi connectivity index (χ3v) is 2.67. The average Bonchev–Trinajstić information content (AvgIpc) is 2.23. The van der Waals surface area contributed by atoms with Crippen LogP contribution in [0.15, 0.2) is 6.20 Å². The van der Waals surface area contributed by atoms with Crippen molar-refractivity contribution in [2.75, 3.05) is 7.11 Å². The van der Waals surface area contributed by atoms with Crippen molar-refractivity contribution in [3.05, 3.63) is 28.6 Å². The van der Waals surface area contributed by atoms with Gasteiger partial charge in [-0.2, -0.15) is 0 Å². The first-order valence-electron chi connectivity index (χ1n) is 5.10. The Hall–Kier alpha value is -1.38. The second-order valence-corrected chi connectivity index (χ2v) is 3.60. The van der Waals surface area contributed by atoms with E-state index >= 15 is 0 Å². The molecule has 0 unspecified atom stereocenters. The number of hydrogen-bond acceptors (Lipinski definition) is 3. The number of aryl methyl sites for hydroxylation is 1. The summed E-state index contributed by atoms with van der Waals surface area (Å²) in [5, 5.41) is 0. The summed E-state index contributed by atoms with van der Waals surface area (Å²) in [4.78, 5) is 15.4. The zero-order valence-electron chi connectivity index (χ0n) is 9.76. The Kier molecular flexibility index (Phi) is 3.83. The summed E-state index contributed by atoms with van der Waals surface area (Å²) in [6, 6.07) is 0. The van der Waals surface area contributed by atoms with Crippen LogP contribution in [0.1, 0.15) is 29.3 Å². The number of aromatic nitrogens is 1. The molecule has 0 bridgehead atoms. The molecule has 3 heteroatoms. The largest absolute Gasteiger partial charge is 0.469 e. The summed E-state index contributed by atoms with van der Waals surface area (Å²) in [6.45, 7) is 6.16. The van der Waals surface area contributed by atoms with Crippen LogP contribution in [-0.4, -0.2) is 18.1 Å². The van der Waals surface area contributed by atoms with Gasteiger partial charge < -0.3 is 4.74 Å². The smallest absolute Gasteiger partial charge is 0.311 e. The molecule has 0 spiro atoms. The summed E-state index contributed by atoms with van der Waals surface area (Å²) in [6.07, 6.45) is 3.05. The van der Waals surface area contributed by atoms with Gasteiger partial charge >= 0.3 is 5.97 Å². The maximum atomic E-state index is 11.2. The fourth-order valence-corrected chi connectivity index (χ4v) is 1.75. The summed E-state index contributed by atoms with van der Waals surface area (Å²) < 4.78 is 4.63. The van der Waals surface area contributed by atoms with Crippen molar-refractivity contribution in [1.82, 2.24) is 4.98 Å². The Morgan fingerprint density at radius 2 is 2.13 bits per heavy atom. The van der Waals surface area contributed by atoms with Gasteiger partial charge in [-0.05, 0) is 37.0 Å². The van der Waals surface area contributed by atoms with Gasteiger partial charge in [0, 0.05) is 6.20 Å². The minimum Gasteiger partial charge on any atom is -0.469 e. The van der Waals surface area contributed by atoms with Crippen LogP contribution < -0.4 is 0 Å². The number of rotatable bonds is 3. The number of carbonyl (C=O) groups is 1. The van der Waals surface area contributed by atoms with Crippen molar-refractivity contribution in [2.45, 2.75) is 33.6 Å². The zero-order valence-corrected chi connectivity index (χ0v) is 9.76. The van der Waals surface area contributed by atoms with Gasteiger partial charge in [-0.3, -0.25) is 9.78 Å². The van der Waals surface area contributed by atoms with E-state index in [1.165, 1.54) is 18.2 Å². The Morgan fingerprint density at radius 1 is 1.47 bits per heavy atom. The van der Waals surface area contributed by atoms with E-state index in [4.69, 9.17) is 0 Å². The van der Waals surface area contributed by atoms with Crippen LogP contribution in [-0.2, 0) is 22.4 Å². The number of pyridine rings is 1. The third kappa shape index (κ3) is 2.55. The van der Waals surface area contributed by atoms with Gasteiger partial charge in [0.2, 0.25) is 0 Å². The van der Waals surface area contributed by atoms with Gasteiger partial charge in [-0.1, -0.05) is 6.92 Å². The SMILES string of the molecule is CCc1c(C)cnc(CC(=O)OC)c1C. The second kappa shape index (κ2) is 4.91. The number of carbonyl (C=O) groups excluding carboxylic acids is 1. The Balaban J connectivity index is 3.05. The van der Waals surface area contributed by atoms with E-state index in [0.29, 0.717) is 0 Å². The lowest BCUT2D eigenvalue weighted by molar-refractivity contribution is -0.139. The molecule has 3 nitrogen and oxygen atoms in total. The predicted molar refractivity (Wildman–Crippen MR) is 58.8 cm³/mol. The molecule has 0 aromatic carbocycles. The van der Waals surface area contributed by atoms with Crippen LogP contribution in [0.25, 0.3) is 0 Å². The highest BCUT2D eigenvalue weighted by Crippen LogP contribution is 2.17. The Bertz CT molecular complexity index is 372. The standard InChI is InChI=1S/C12H17NO2/c1-5-10-8(2)7-13-11(9(10)3)6-12(14)15-4/h7H,5-6H2,1-4H3. The van der Waals surface area contributed by atoms with E-state index in [1.807, 2.05) is 20.0 Å². The molecule has 0 fully saturated rings. The molecule has 0 aliphatic carbocycles. The first kappa shape index (κ1) is 11.7. The molecular formula is C12H17NO2. The molecule has 0 radical (unpaired) electrons. The van der Waals surface area contributed by atoms with Crippen molar-refractivity contribution in [3.8, 4) is 0 Å². The molecule has 1 aromatic rings. The molecule has 1 rings (SSSR count). The fraction of sp³-hybridized carbons (Fsp3) is 0.500. The van der Waals surface area contributed by atoms with Crippen LogP contribution in [0.2, 0.25) is 0 Å². The molecule has 0 aliphatic rings. The summed E-state index contributed by atoms with van der Waals surface area (Å²) in [7, 11) is 1.40. The highest BCUT2D eigenvalue weighted by atomic mass is 16.5. The molecule has 15 heavy (non-hydrogen) atoms. The molecule has 82 valence electrons. The van der Waals surface area contributed by atoms with Crippen molar-refractivity contribution < 1.29 is 9.53 Å². The quantitative estimate of drug-likeness (QED) is 0.711. The average molecular weight is 207 g/mol. The normalized spacial score (nSPS) is 10.1. The van der Waals surface area contributed by atoms with E-state index in [9.17, 15) is 4.79 Å². The van der Waals surface area contributed by atoms with E-state index in [1.54, 1.807) is 0 Å². The van der Waals surface area contributed by atoms with Crippen molar-refractivity contribution >= 4 is 5.97 Å². The molecule has 0 atom stereocenters. The predicted octanol–water partition coefficient (Wildman–Crippen LogP) is 1.98. The number of ether oxygens (including phenoxy) is 1. The maximum Gasteiger partial charge on any atom is 0.311 e. The van der Waals surface area contributed by atoms with E-state index in [-0.39, 0.29) is 12.4 Å².